The number of carbonyl (C=O) groups is 19. The van der Waals surface area contributed by atoms with Gasteiger partial charge in [0.05, 0.1) is 168 Å². The maximum Gasteiger partial charge on any atom is 0.333 e. The summed E-state index contributed by atoms with van der Waals surface area (Å²) in [6, 6.07) is 0. The Morgan fingerprint density at radius 2 is 0.835 bits per heavy atom. The van der Waals surface area contributed by atoms with Crippen molar-refractivity contribution in [2.24, 2.45) is 76.9 Å². The molecule has 0 radical (unpaired) electrons. The summed E-state index contributed by atoms with van der Waals surface area (Å²) < 4.78 is 68.1. The quantitative estimate of drug-likeness (QED) is 0.0171. The lowest BCUT2D eigenvalue weighted by Gasteiger charge is -2.35. The van der Waals surface area contributed by atoms with E-state index in [9.17, 15) is 112 Å². The lowest BCUT2D eigenvalue weighted by atomic mass is 9.75. The maximum absolute atomic E-state index is 13.6. The van der Waals surface area contributed by atoms with Gasteiger partial charge in [-0.05, 0) is 106 Å². The van der Waals surface area contributed by atoms with Crippen LogP contribution in [-0.4, -0.2) is 279 Å². The van der Waals surface area contributed by atoms with Crippen molar-refractivity contribution in [3.8, 4) is 0 Å². The number of rotatable bonds is 37. The lowest BCUT2D eigenvalue weighted by molar-refractivity contribution is -0.161. The highest BCUT2D eigenvalue weighted by molar-refractivity contribution is 5.97. The number of aliphatic carboxylic acids is 4. The molecule has 0 aliphatic carbocycles. The van der Waals surface area contributed by atoms with E-state index in [2.05, 4.69) is 42.2 Å². The van der Waals surface area contributed by atoms with Crippen LogP contribution in [0.3, 0.4) is 0 Å². The van der Waals surface area contributed by atoms with Gasteiger partial charge >= 0.3 is 101 Å². The molecule has 6 heterocycles. The third-order valence-corrected chi connectivity index (χ3v) is 18.8. The average molecular weight is 1730 g/mol. The first kappa shape index (κ1) is 110. The Labute approximate surface area is 701 Å². The summed E-state index contributed by atoms with van der Waals surface area (Å²) in [4.78, 5) is 227. The van der Waals surface area contributed by atoms with Crippen molar-refractivity contribution in [3.63, 3.8) is 0 Å². The monoisotopic (exact) mass is 1730 g/mol. The zero-order valence-electron chi connectivity index (χ0n) is 71.1. The fourth-order valence-corrected chi connectivity index (χ4v) is 12.9. The number of carboxylic acid groups (broad SMARTS) is 4. The number of morpholine rings is 3. The molecular weight excluding hydrogens is 1610 g/mol. The summed E-state index contributed by atoms with van der Waals surface area (Å²) in [7, 11) is 0. The second kappa shape index (κ2) is 59.9. The summed E-state index contributed by atoms with van der Waals surface area (Å²) >= 11 is 0. The first-order chi connectivity index (χ1) is 56.9. The Bertz CT molecular complexity index is 3460. The zero-order chi connectivity index (χ0) is 92.3. The van der Waals surface area contributed by atoms with Gasteiger partial charge in [0.1, 0.15) is 0 Å². The van der Waals surface area contributed by atoms with Crippen molar-refractivity contribution < 1.29 is 183 Å². The van der Waals surface area contributed by atoms with Crippen LogP contribution in [0.4, 0.5) is 0 Å². The van der Waals surface area contributed by atoms with Crippen molar-refractivity contribution in [2.75, 3.05) is 105 Å². The molecule has 6 aliphatic heterocycles. The summed E-state index contributed by atoms with van der Waals surface area (Å²) in [5.74, 6) is -28.6. The van der Waals surface area contributed by atoms with Gasteiger partial charge in [-0.3, -0.25) is 81.5 Å². The highest BCUT2D eigenvalue weighted by Gasteiger charge is 2.50. The van der Waals surface area contributed by atoms with Crippen LogP contribution < -0.4 is 5.32 Å². The van der Waals surface area contributed by atoms with Crippen molar-refractivity contribution in [2.45, 2.75) is 173 Å². The topological polar surface area (TPSA) is 573 Å². The number of aliphatic hydroxyl groups excluding tert-OH is 1. The molecule has 17 atom stereocenters. The average Bonchev–Trinajstić information content (AvgIpc) is 1.79. The van der Waals surface area contributed by atoms with Crippen molar-refractivity contribution >= 4 is 113 Å². The number of carboxylic acids is 4. The molecule has 684 valence electrons. The zero-order valence-corrected chi connectivity index (χ0v) is 71.1. The minimum absolute atomic E-state index is 0.0119. The minimum Gasteiger partial charge on any atom is -0.481 e. The van der Waals surface area contributed by atoms with E-state index in [1.54, 1.807) is 48.5 Å². The van der Waals surface area contributed by atoms with E-state index in [-0.39, 0.29) is 129 Å². The van der Waals surface area contributed by atoms with Crippen LogP contribution in [0.5, 0.6) is 0 Å². The molecule has 5 saturated heterocycles. The van der Waals surface area contributed by atoms with Crippen molar-refractivity contribution in [1.82, 2.24) is 15.1 Å². The molecule has 17 unspecified atom stereocenters. The Hall–Kier alpha value is -10.7. The smallest absolute Gasteiger partial charge is 0.333 e. The van der Waals surface area contributed by atoms with Gasteiger partial charge < -0.3 is 107 Å². The molecule has 0 aromatic heterocycles. The van der Waals surface area contributed by atoms with E-state index in [4.69, 9.17) is 47.7 Å². The molecule has 2 amide bonds. The number of nitrogens with zero attached hydrogens (tertiary/aromatic N) is 2. The van der Waals surface area contributed by atoms with E-state index in [0.717, 1.165) is 45.6 Å². The van der Waals surface area contributed by atoms with Crippen LogP contribution in [-0.2, 0) is 157 Å². The van der Waals surface area contributed by atoms with E-state index in [1.165, 1.54) is 63.5 Å². The van der Waals surface area contributed by atoms with Gasteiger partial charge in [0.2, 0.25) is 18.1 Å². The molecule has 6 rings (SSSR count). The number of aliphatic hydroxyl groups is 1. The summed E-state index contributed by atoms with van der Waals surface area (Å²) in [5, 5.41) is 50.7. The first-order valence-electron chi connectivity index (χ1n) is 39.5. The Balaban J connectivity index is 0.00000157. The second-order valence-corrected chi connectivity index (χ2v) is 28.1. The van der Waals surface area contributed by atoms with Crippen molar-refractivity contribution in [1.29, 1.82) is 0 Å². The van der Waals surface area contributed by atoms with Gasteiger partial charge in [-0.15, -0.1) is 0 Å². The van der Waals surface area contributed by atoms with Gasteiger partial charge in [0, 0.05) is 79.1 Å². The number of carbonyl (C=O) groups excluding carboxylic acids is 15. The number of cyclic esters (lactones) is 5. The van der Waals surface area contributed by atoms with E-state index < -0.39 is 209 Å². The number of ether oxygens (including phenoxy) is 14. The number of hydrogen-bond donors (Lipinski definition) is 6. The predicted molar refractivity (Wildman–Crippen MR) is 414 cm³/mol. The van der Waals surface area contributed by atoms with E-state index in [1.807, 2.05) is 0 Å². The molecule has 5 fully saturated rings. The van der Waals surface area contributed by atoms with Gasteiger partial charge in [-0.25, -0.2) is 9.59 Å². The largest absolute Gasteiger partial charge is 0.481 e. The number of nitrogens with one attached hydrogen (secondary N) is 1. The Morgan fingerprint density at radius 3 is 1.09 bits per heavy atom. The van der Waals surface area contributed by atoms with Gasteiger partial charge in [-0.1, -0.05) is 33.9 Å². The molecular formula is C80H121N3O38. The minimum atomic E-state index is -1.61. The molecule has 6 N–H and O–H groups in total. The Morgan fingerprint density at radius 1 is 0.471 bits per heavy atom. The normalized spacial score (nSPS) is 20.5. The van der Waals surface area contributed by atoms with E-state index >= 15 is 0 Å². The molecule has 0 bridgehead atoms. The molecule has 0 aromatic rings. The van der Waals surface area contributed by atoms with Crippen LogP contribution in [0.25, 0.3) is 0 Å². The highest BCUT2D eigenvalue weighted by atomic mass is 16.6. The number of hydrogen-bond acceptors (Lipinski definition) is 35. The maximum atomic E-state index is 13.6. The number of amides is 2. The second-order valence-electron chi connectivity index (χ2n) is 28.1. The number of esters is 13. The highest BCUT2D eigenvalue weighted by Crippen LogP contribution is 2.38. The summed E-state index contributed by atoms with van der Waals surface area (Å²) in [6.45, 7) is 33.4. The fraction of sp³-hybridized carbons (Fsp3) is 0.688. The van der Waals surface area contributed by atoms with Crippen LogP contribution in [0.15, 0.2) is 37.6 Å². The first-order valence-corrected chi connectivity index (χ1v) is 39.5. The molecule has 121 heavy (non-hydrogen) atoms. The SMILES string of the molecule is C1COCCN1.C=CC(=O)OCC.C=COC(C)=O.CCOC(=O)C(CC(C)OC(C)=O)CC(C(=O)N1CCOCC1)C(CC(C(=O)O)C(C)C(=O)O)C(=O)O.CCOC(=O)C(CC(C)OC(C)=O)CC(C(=O)N1CCOCC1)C(CC1C(=O)OC(=O)C1C)C(=O)O.CCOC(=O)C(CC(C)OC(C)=O)CC1C(=O)OC(=O)C1C.O=C1C=CC(O)O1. The van der Waals surface area contributed by atoms with Crippen LogP contribution in [0.2, 0.25) is 0 Å². The van der Waals surface area contributed by atoms with E-state index in [0.29, 0.717) is 6.61 Å². The Kier molecular flexibility index (Phi) is 54.7. The van der Waals surface area contributed by atoms with Crippen LogP contribution >= 0.6 is 0 Å². The van der Waals surface area contributed by atoms with Crippen LogP contribution in [0, 0.1) is 76.9 Å². The molecule has 0 spiro atoms. The van der Waals surface area contributed by atoms with Gasteiger partial charge in [0.25, 0.3) is 0 Å². The molecule has 41 heteroatoms. The molecule has 6 aliphatic rings. The third kappa shape index (κ3) is 43.9. The standard InChI is InChI=1S/C24H37NO12.C24H35NO11.C15H22O7.C5H8O2.C4H9NO.C4H4O3.C4H6O2/c1-5-36-24(34)16(10-13(2)37-15(4)26)11-18(20(27)25-6-8-35-9-7-25)19(23(32)33)12-17(22(30)31)14(3)21(28)29;1-5-34-23(31)16(10-13(2)35-15(4)26)11-18(20(27)25-6-8-33-9-7-25)19(21(28)29)12-17-14(3)22(30)36-24(17)32;1-5-20-14(18)11(6-8(2)21-10(4)16)7-12-9(3)13(17)22-15(12)19;1-3-5(6)7-4-2;1-3-6-4-2-5-1;5-3-1-2-4(6)7-3;1-3-6-4(2)5/h13-14,16-19H,5-12H2,1-4H3,(H,28,29)(H,30,31)(H,32,33);13-14,16-19H,5-12H2,1-4H3,(H,28,29);8-9,11-12H,5-7H2,1-4H3;3H,1,4H2,2H3;5H,1-4H2;1-3,5H;3H,1H2,2H3. The summed E-state index contributed by atoms with van der Waals surface area (Å²) in [6.07, 6.45) is 0.581. The molecule has 0 aromatic carbocycles. The van der Waals surface area contributed by atoms with Gasteiger partial charge in [-0.2, -0.15) is 0 Å². The molecule has 0 saturated carbocycles. The third-order valence-electron chi connectivity index (χ3n) is 18.8. The fourth-order valence-electron chi connectivity index (χ4n) is 12.9. The predicted octanol–water partition coefficient (Wildman–Crippen LogP) is 3.37. The summed E-state index contributed by atoms with van der Waals surface area (Å²) in [5.41, 5.74) is 0. The van der Waals surface area contributed by atoms with Crippen molar-refractivity contribution in [3.05, 3.63) is 37.6 Å². The van der Waals surface area contributed by atoms with Gasteiger partial charge in [0.15, 0.2) is 0 Å². The molecule has 41 nitrogen and oxygen atoms in total. The lowest BCUT2D eigenvalue weighted by Crippen LogP contribution is -2.48. The van der Waals surface area contributed by atoms with Crippen LogP contribution in [0.1, 0.15) is 148 Å².